The van der Waals surface area contributed by atoms with Gasteiger partial charge in [0.05, 0.1) is 19.3 Å². The van der Waals surface area contributed by atoms with Crippen molar-refractivity contribution in [1.82, 2.24) is 9.62 Å². The molecule has 1 aliphatic heterocycles. The average molecular weight is 408 g/mol. The number of rotatable bonds is 7. The number of nitrogens with one attached hydrogen (secondary N) is 1. The van der Waals surface area contributed by atoms with Gasteiger partial charge in [-0.05, 0) is 18.2 Å². The highest BCUT2D eigenvalue weighted by Gasteiger charge is 2.24. The average Bonchev–Trinajstić information content (AvgIpc) is 2.66. The van der Waals surface area contributed by atoms with Crippen LogP contribution in [0, 0.1) is 5.82 Å². The van der Waals surface area contributed by atoms with Crippen LogP contribution in [0.3, 0.4) is 0 Å². The smallest absolute Gasteiger partial charge is 0.235 e. The molecule has 0 bridgehead atoms. The maximum atomic E-state index is 13.8. The molecule has 2 aromatic carbocycles. The fraction of sp³-hybridized carbons (Fsp3) is 0.316. The summed E-state index contributed by atoms with van der Waals surface area (Å²) in [7, 11) is -3.71. The number of fused-ring (bicyclic) bond motifs is 1. The van der Waals surface area contributed by atoms with Crippen molar-refractivity contribution in [3.63, 3.8) is 0 Å². The van der Waals surface area contributed by atoms with Crippen molar-refractivity contribution in [3.8, 4) is 11.5 Å². The minimum absolute atomic E-state index is 0.157. The highest BCUT2D eigenvalue weighted by Crippen LogP contribution is 2.30. The second-order valence-corrected chi connectivity index (χ2v) is 8.41. The van der Waals surface area contributed by atoms with E-state index in [1.807, 2.05) is 12.1 Å². The SMILES string of the molecule is CS(=O)(=O)N(CC(=O)NC[C@H]1COc2ccccc2O1)Cc1ccccc1F. The van der Waals surface area contributed by atoms with E-state index in [1.165, 1.54) is 18.2 Å². The van der Waals surface area contributed by atoms with Gasteiger partial charge < -0.3 is 14.8 Å². The first-order chi connectivity index (χ1) is 13.3. The number of nitrogens with zero attached hydrogens (tertiary/aromatic N) is 1. The van der Waals surface area contributed by atoms with Gasteiger partial charge in [0, 0.05) is 12.1 Å². The summed E-state index contributed by atoms with van der Waals surface area (Å²) in [5.74, 6) is 0.190. The lowest BCUT2D eigenvalue weighted by molar-refractivity contribution is -0.121. The zero-order chi connectivity index (χ0) is 20.1. The minimum atomic E-state index is -3.71. The normalized spacial score (nSPS) is 16.0. The summed E-state index contributed by atoms with van der Waals surface area (Å²) in [4.78, 5) is 12.3. The van der Waals surface area contributed by atoms with Crippen LogP contribution in [0.1, 0.15) is 5.56 Å². The van der Waals surface area contributed by atoms with Crippen molar-refractivity contribution >= 4 is 15.9 Å². The Morgan fingerprint density at radius 2 is 1.86 bits per heavy atom. The van der Waals surface area contributed by atoms with Gasteiger partial charge in [0.1, 0.15) is 18.5 Å². The van der Waals surface area contributed by atoms with E-state index >= 15 is 0 Å². The first kappa shape index (κ1) is 20.1. The van der Waals surface area contributed by atoms with Crippen LogP contribution >= 0.6 is 0 Å². The van der Waals surface area contributed by atoms with Gasteiger partial charge in [0.15, 0.2) is 11.5 Å². The molecule has 0 aliphatic carbocycles. The van der Waals surface area contributed by atoms with Crippen molar-refractivity contribution in [2.75, 3.05) is 26.0 Å². The zero-order valence-corrected chi connectivity index (χ0v) is 16.1. The third kappa shape index (κ3) is 5.20. The number of ether oxygens (including phenoxy) is 2. The molecule has 0 fully saturated rings. The molecule has 1 N–H and O–H groups in total. The summed E-state index contributed by atoms with van der Waals surface area (Å²) < 4.78 is 50.1. The molecule has 0 saturated heterocycles. The third-order valence-corrected chi connectivity index (χ3v) is 5.38. The number of hydrogen-bond donors (Lipinski definition) is 1. The van der Waals surface area contributed by atoms with Crippen LogP contribution in [-0.4, -0.2) is 50.7 Å². The Labute approximate surface area is 163 Å². The molecule has 1 atom stereocenters. The number of halogens is 1. The number of carbonyl (C=O) groups excluding carboxylic acids is 1. The van der Waals surface area contributed by atoms with E-state index in [0.29, 0.717) is 11.5 Å². The molecule has 1 aliphatic rings. The highest BCUT2D eigenvalue weighted by atomic mass is 32.2. The van der Waals surface area contributed by atoms with E-state index in [9.17, 15) is 17.6 Å². The van der Waals surface area contributed by atoms with E-state index in [-0.39, 0.29) is 25.3 Å². The monoisotopic (exact) mass is 408 g/mol. The third-order valence-electron chi connectivity index (χ3n) is 4.19. The predicted octanol–water partition coefficient (Wildman–Crippen LogP) is 1.54. The summed E-state index contributed by atoms with van der Waals surface area (Å²) in [6.45, 7) is -0.223. The number of hydrogen-bond acceptors (Lipinski definition) is 5. The van der Waals surface area contributed by atoms with Crippen molar-refractivity contribution in [2.45, 2.75) is 12.6 Å². The van der Waals surface area contributed by atoms with Gasteiger partial charge in [0.2, 0.25) is 15.9 Å². The molecule has 0 saturated carbocycles. The predicted molar refractivity (Wildman–Crippen MR) is 101 cm³/mol. The fourth-order valence-electron chi connectivity index (χ4n) is 2.71. The Morgan fingerprint density at radius 3 is 2.57 bits per heavy atom. The summed E-state index contributed by atoms with van der Waals surface area (Å²) in [5.41, 5.74) is 0.196. The molecule has 2 aromatic rings. The van der Waals surface area contributed by atoms with E-state index in [0.717, 1.165) is 10.6 Å². The lowest BCUT2D eigenvalue weighted by Crippen LogP contribution is -2.45. The van der Waals surface area contributed by atoms with Gasteiger partial charge in [-0.1, -0.05) is 30.3 Å². The summed E-state index contributed by atoms with van der Waals surface area (Å²) in [6, 6.07) is 13.1. The van der Waals surface area contributed by atoms with E-state index in [2.05, 4.69) is 5.32 Å². The summed E-state index contributed by atoms with van der Waals surface area (Å²) >= 11 is 0. The fourth-order valence-corrected chi connectivity index (χ4v) is 3.44. The van der Waals surface area contributed by atoms with Gasteiger partial charge in [-0.3, -0.25) is 4.79 Å². The Hall–Kier alpha value is -2.65. The van der Waals surface area contributed by atoms with Crippen LogP contribution in [0.15, 0.2) is 48.5 Å². The quantitative estimate of drug-likeness (QED) is 0.751. The van der Waals surface area contributed by atoms with Gasteiger partial charge in [-0.15, -0.1) is 0 Å². The topological polar surface area (TPSA) is 84.9 Å². The van der Waals surface area contributed by atoms with E-state index in [1.54, 1.807) is 18.2 Å². The molecular weight excluding hydrogens is 387 g/mol. The molecule has 1 heterocycles. The maximum absolute atomic E-state index is 13.8. The van der Waals surface area contributed by atoms with Crippen LogP contribution in [0.4, 0.5) is 4.39 Å². The van der Waals surface area contributed by atoms with Gasteiger partial charge in [-0.2, -0.15) is 4.31 Å². The lowest BCUT2D eigenvalue weighted by Gasteiger charge is -2.27. The van der Waals surface area contributed by atoms with E-state index < -0.39 is 34.4 Å². The van der Waals surface area contributed by atoms with Crippen LogP contribution in [0.5, 0.6) is 11.5 Å². The first-order valence-electron chi connectivity index (χ1n) is 8.66. The van der Waals surface area contributed by atoms with Crippen molar-refractivity contribution in [2.24, 2.45) is 0 Å². The molecule has 28 heavy (non-hydrogen) atoms. The van der Waals surface area contributed by atoms with Crippen molar-refractivity contribution < 1.29 is 27.1 Å². The molecule has 0 aromatic heterocycles. The molecule has 0 unspecified atom stereocenters. The zero-order valence-electron chi connectivity index (χ0n) is 15.3. The number of sulfonamides is 1. The summed E-state index contributed by atoms with van der Waals surface area (Å²) in [6.07, 6.45) is 0.591. The Bertz CT molecular complexity index is 951. The number of amides is 1. The minimum Gasteiger partial charge on any atom is -0.486 e. The second kappa shape index (κ2) is 8.57. The molecule has 3 rings (SSSR count). The summed E-state index contributed by atoms with van der Waals surface area (Å²) in [5, 5.41) is 2.64. The van der Waals surface area contributed by atoms with Crippen molar-refractivity contribution in [1.29, 1.82) is 0 Å². The number of para-hydroxylation sites is 2. The van der Waals surface area contributed by atoms with Crippen LogP contribution < -0.4 is 14.8 Å². The standard InChI is InChI=1S/C19H21FN2O5S/c1-28(24,25)22(11-14-6-2-3-7-16(14)20)12-19(23)21-10-15-13-26-17-8-4-5-9-18(17)27-15/h2-9,15H,10-13H2,1H3,(H,21,23)/t15-/m0/s1. The molecule has 9 heteroatoms. The van der Waals surface area contributed by atoms with Crippen LogP contribution in [0.25, 0.3) is 0 Å². The molecule has 7 nitrogen and oxygen atoms in total. The molecular formula is C19H21FN2O5S. The maximum Gasteiger partial charge on any atom is 0.235 e. The molecule has 1 amide bonds. The van der Waals surface area contributed by atoms with Gasteiger partial charge in [-0.25, -0.2) is 12.8 Å². The highest BCUT2D eigenvalue weighted by molar-refractivity contribution is 7.88. The Kier molecular flexibility index (Phi) is 6.15. The Morgan fingerprint density at radius 1 is 1.18 bits per heavy atom. The molecule has 150 valence electrons. The van der Waals surface area contributed by atoms with Gasteiger partial charge in [0.25, 0.3) is 0 Å². The van der Waals surface area contributed by atoms with Crippen molar-refractivity contribution in [3.05, 3.63) is 59.9 Å². The first-order valence-corrected chi connectivity index (χ1v) is 10.5. The number of carbonyl (C=O) groups is 1. The Balaban J connectivity index is 1.56. The molecule has 0 radical (unpaired) electrons. The second-order valence-electron chi connectivity index (χ2n) is 6.42. The lowest BCUT2D eigenvalue weighted by atomic mass is 10.2. The van der Waals surface area contributed by atoms with Crippen LogP contribution in [0.2, 0.25) is 0 Å². The largest absolute Gasteiger partial charge is 0.486 e. The van der Waals surface area contributed by atoms with E-state index in [4.69, 9.17) is 9.47 Å². The molecule has 0 spiro atoms. The van der Waals surface area contributed by atoms with Gasteiger partial charge >= 0.3 is 0 Å². The number of benzene rings is 2. The van der Waals surface area contributed by atoms with Crippen LogP contribution in [-0.2, 0) is 21.4 Å².